The molecule has 0 saturated carbocycles. The number of hydrogen-bond donors (Lipinski definition) is 0. The number of nitrogens with zero attached hydrogens (tertiary/aromatic N) is 3. The summed E-state index contributed by atoms with van der Waals surface area (Å²) in [5.41, 5.74) is 2.33. The van der Waals surface area contributed by atoms with Gasteiger partial charge in [0, 0.05) is 12.1 Å². The fourth-order valence-electron chi connectivity index (χ4n) is 1.64. The van der Waals surface area contributed by atoms with Crippen molar-refractivity contribution >= 4 is 0 Å². The van der Waals surface area contributed by atoms with Crippen LogP contribution < -0.4 is 0 Å². The van der Waals surface area contributed by atoms with E-state index in [4.69, 9.17) is 0 Å². The Morgan fingerprint density at radius 2 is 2.19 bits per heavy atom. The van der Waals surface area contributed by atoms with Gasteiger partial charge in [-0.25, -0.2) is 4.98 Å². The van der Waals surface area contributed by atoms with Crippen LogP contribution in [-0.2, 0) is 6.54 Å². The van der Waals surface area contributed by atoms with E-state index in [2.05, 4.69) is 36.1 Å². The molecule has 1 aromatic carbocycles. The Morgan fingerprint density at radius 1 is 1.31 bits per heavy atom. The lowest BCUT2D eigenvalue weighted by Crippen LogP contribution is -1.97. The Bertz CT molecular complexity index is 460. The highest BCUT2D eigenvalue weighted by atomic mass is 15.3. The first kappa shape index (κ1) is 10.9. The smallest absolute Gasteiger partial charge is 0.181 e. The summed E-state index contributed by atoms with van der Waals surface area (Å²) in [4.78, 5) is 4.33. The summed E-state index contributed by atoms with van der Waals surface area (Å²) in [6, 6.07) is 8.28. The highest BCUT2D eigenvalue weighted by Crippen LogP contribution is 2.15. The summed E-state index contributed by atoms with van der Waals surface area (Å²) in [5, 5.41) is 4.46. The molecule has 0 aliphatic heterocycles. The quantitative estimate of drug-likeness (QED) is 0.784. The molecule has 3 heteroatoms. The second kappa shape index (κ2) is 4.92. The first-order chi connectivity index (χ1) is 7.79. The van der Waals surface area contributed by atoms with E-state index in [-0.39, 0.29) is 0 Å². The minimum absolute atomic E-state index is 0.819. The molecular formula is C13H17N3. The Balaban J connectivity index is 2.18. The third-order valence-corrected chi connectivity index (χ3v) is 2.55. The van der Waals surface area contributed by atoms with Crippen LogP contribution in [0.3, 0.4) is 0 Å². The number of unbranched alkanes of at least 4 members (excludes halogenated alkanes) is 1. The molecular weight excluding hydrogens is 198 g/mol. The first-order valence-electron chi connectivity index (χ1n) is 5.76. The van der Waals surface area contributed by atoms with Gasteiger partial charge in [-0.3, -0.25) is 4.68 Å². The van der Waals surface area contributed by atoms with Gasteiger partial charge in [-0.1, -0.05) is 37.1 Å². The standard InChI is InChI=1S/C13H17N3/c1-3-4-8-16-10-14-13(15-16)12-7-5-6-11(2)9-12/h5-7,9-10H,3-4,8H2,1-2H3. The number of aryl methyl sites for hydroxylation is 2. The maximum Gasteiger partial charge on any atom is 0.181 e. The normalized spacial score (nSPS) is 10.6. The number of rotatable bonds is 4. The number of benzene rings is 1. The van der Waals surface area contributed by atoms with Gasteiger partial charge in [-0.15, -0.1) is 0 Å². The maximum absolute atomic E-state index is 4.46. The van der Waals surface area contributed by atoms with Crippen molar-refractivity contribution < 1.29 is 0 Å². The van der Waals surface area contributed by atoms with E-state index in [1.165, 1.54) is 12.0 Å². The van der Waals surface area contributed by atoms with Gasteiger partial charge in [0.2, 0.25) is 0 Å². The molecule has 2 rings (SSSR count). The molecule has 0 radical (unpaired) electrons. The molecule has 1 aromatic heterocycles. The van der Waals surface area contributed by atoms with E-state index in [0.717, 1.165) is 24.4 Å². The topological polar surface area (TPSA) is 30.7 Å². The van der Waals surface area contributed by atoms with Crippen molar-refractivity contribution in [3.63, 3.8) is 0 Å². The average Bonchev–Trinajstić information content (AvgIpc) is 2.75. The van der Waals surface area contributed by atoms with Crippen LogP contribution in [0.4, 0.5) is 0 Å². The predicted molar refractivity (Wildman–Crippen MR) is 65.1 cm³/mol. The molecule has 0 spiro atoms. The largest absolute Gasteiger partial charge is 0.252 e. The molecule has 0 saturated heterocycles. The molecule has 0 aliphatic carbocycles. The van der Waals surface area contributed by atoms with Crippen LogP contribution in [0, 0.1) is 6.92 Å². The summed E-state index contributed by atoms with van der Waals surface area (Å²) in [6.45, 7) is 5.21. The van der Waals surface area contributed by atoms with Gasteiger partial charge in [-0.05, 0) is 19.4 Å². The molecule has 16 heavy (non-hydrogen) atoms. The van der Waals surface area contributed by atoms with Crippen LogP contribution in [0.15, 0.2) is 30.6 Å². The maximum atomic E-state index is 4.46. The van der Waals surface area contributed by atoms with Gasteiger partial charge >= 0.3 is 0 Å². The van der Waals surface area contributed by atoms with Gasteiger partial charge in [0.25, 0.3) is 0 Å². The van der Waals surface area contributed by atoms with Crippen LogP contribution in [0.5, 0.6) is 0 Å². The van der Waals surface area contributed by atoms with Gasteiger partial charge in [-0.2, -0.15) is 5.10 Å². The average molecular weight is 215 g/mol. The molecule has 0 N–H and O–H groups in total. The first-order valence-corrected chi connectivity index (χ1v) is 5.76. The van der Waals surface area contributed by atoms with Crippen molar-refractivity contribution in [2.24, 2.45) is 0 Å². The number of aromatic nitrogens is 3. The van der Waals surface area contributed by atoms with E-state index < -0.39 is 0 Å². The van der Waals surface area contributed by atoms with Crippen molar-refractivity contribution in [3.8, 4) is 11.4 Å². The second-order valence-corrected chi connectivity index (χ2v) is 4.05. The molecule has 0 unspecified atom stereocenters. The molecule has 2 aromatic rings. The highest BCUT2D eigenvalue weighted by Gasteiger charge is 2.03. The Labute approximate surface area is 96.1 Å². The SMILES string of the molecule is CCCCn1cnc(-c2cccc(C)c2)n1. The zero-order valence-electron chi connectivity index (χ0n) is 9.85. The lowest BCUT2D eigenvalue weighted by atomic mass is 10.1. The van der Waals surface area contributed by atoms with E-state index in [1.54, 1.807) is 0 Å². The molecule has 0 fully saturated rings. The van der Waals surface area contributed by atoms with Crippen LogP contribution in [-0.4, -0.2) is 14.8 Å². The van der Waals surface area contributed by atoms with Crippen LogP contribution in [0.2, 0.25) is 0 Å². The Kier molecular flexibility index (Phi) is 3.34. The molecule has 1 heterocycles. The summed E-state index contributed by atoms with van der Waals surface area (Å²) < 4.78 is 1.92. The summed E-state index contributed by atoms with van der Waals surface area (Å²) in [5.74, 6) is 0.819. The van der Waals surface area contributed by atoms with Crippen LogP contribution in [0.25, 0.3) is 11.4 Å². The zero-order chi connectivity index (χ0) is 11.4. The third kappa shape index (κ3) is 2.48. The minimum atomic E-state index is 0.819. The fourth-order valence-corrected chi connectivity index (χ4v) is 1.64. The lowest BCUT2D eigenvalue weighted by Gasteiger charge is -1.98. The fraction of sp³-hybridized carbons (Fsp3) is 0.385. The highest BCUT2D eigenvalue weighted by molar-refractivity contribution is 5.55. The van der Waals surface area contributed by atoms with E-state index in [0.29, 0.717) is 0 Å². The van der Waals surface area contributed by atoms with Crippen molar-refractivity contribution in [1.82, 2.24) is 14.8 Å². The van der Waals surface area contributed by atoms with Crippen molar-refractivity contribution in [2.75, 3.05) is 0 Å². The van der Waals surface area contributed by atoms with Crippen LogP contribution in [0.1, 0.15) is 25.3 Å². The molecule has 3 nitrogen and oxygen atoms in total. The minimum Gasteiger partial charge on any atom is -0.252 e. The van der Waals surface area contributed by atoms with Gasteiger partial charge in [0.15, 0.2) is 5.82 Å². The molecule has 0 aliphatic rings. The monoisotopic (exact) mass is 215 g/mol. The lowest BCUT2D eigenvalue weighted by molar-refractivity contribution is 0.571. The molecule has 0 atom stereocenters. The van der Waals surface area contributed by atoms with Crippen LogP contribution >= 0.6 is 0 Å². The van der Waals surface area contributed by atoms with E-state index >= 15 is 0 Å². The zero-order valence-corrected chi connectivity index (χ0v) is 9.85. The molecule has 0 amide bonds. The van der Waals surface area contributed by atoms with E-state index in [9.17, 15) is 0 Å². The summed E-state index contributed by atoms with van der Waals surface area (Å²) >= 11 is 0. The van der Waals surface area contributed by atoms with Crippen molar-refractivity contribution in [2.45, 2.75) is 33.2 Å². The third-order valence-electron chi connectivity index (χ3n) is 2.55. The van der Waals surface area contributed by atoms with Gasteiger partial charge < -0.3 is 0 Å². The van der Waals surface area contributed by atoms with Gasteiger partial charge in [0.05, 0.1) is 0 Å². The number of hydrogen-bond acceptors (Lipinski definition) is 2. The summed E-state index contributed by atoms with van der Waals surface area (Å²) in [6.07, 6.45) is 4.14. The van der Waals surface area contributed by atoms with E-state index in [1.807, 2.05) is 23.1 Å². The molecule has 0 bridgehead atoms. The second-order valence-electron chi connectivity index (χ2n) is 4.05. The van der Waals surface area contributed by atoms with Crippen molar-refractivity contribution in [1.29, 1.82) is 0 Å². The summed E-state index contributed by atoms with van der Waals surface area (Å²) in [7, 11) is 0. The van der Waals surface area contributed by atoms with Gasteiger partial charge in [0.1, 0.15) is 6.33 Å². The predicted octanol–water partition coefficient (Wildman–Crippen LogP) is 3.05. The Morgan fingerprint density at radius 3 is 2.94 bits per heavy atom. The van der Waals surface area contributed by atoms with Crippen molar-refractivity contribution in [3.05, 3.63) is 36.2 Å². The Hall–Kier alpha value is -1.64. The molecule has 84 valence electrons.